The number of aliphatic carboxylic acids is 1. The highest BCUT2D eigenvalue weighted by Crippen LogP contribution is 2.18. The number of quaternary nitrogens is 1. The van der Waals surface area contributed by atoms with Gasteiger partial charge in [-0.2, -0.15) is 0 Å². The molecule has 0 aliphatic carbocycles. The van der Waals surface area contributed by atoms with Gasteiger partial charge in [-0.15, -0.1) is 0 Å². The summed E-state index contributed by atoms with van der Waals surface area (Å²) >= 11 is 0. The molecule has 89 heavy (non-hydrogen) atoms. The number of hydrogen-bond donors (Lipinski definition) is 1. The van der Waals surface area contributed by atoms with E-state index in [-0.39, 0.29) is 32.2 Å². The first kappa shape index (κ1) is 84.7. The fourth-order valence-electron chi connectivity index (χ4n) is 10.2. The molecule has 0 bridgehead atoms. The minimum Gasteiger partial charge on any atom is -0.477 e. The molecule has 0 saturated carbocycles. The summed E-state index contributed by atoms with van der Waals surface area (Å²) in [5.41, 5.74) is 0. The molecule has 9 heteroatoms. The van der Waals surface area contributed by atoms with E-state index in [0.717, 1.165) is 96.3 Å². The smallest absolute Gasteiger partial charge is 0.361 e. The van der Waals surface area contributed by atoms with Crippen LogP contribution in [0, 0.1) is 0 Å². The second-order valence-electron chi connectivity index (χ2n) is 25.5. The van der Waals surface area contributed by atoms with Gasteiger partial charge < -0.3 is 28.5 Å². The Hall–Kier alpha value is -4.31. The first-order chi connectivity index (χ1) is 43.6. The van der Waals surface area contributed by atoms with Crippen LogP contribution in [-0.4, -0.2) is 87.4 Å². The number of carboxylic acids is 1. The van der Waals surface area contributed by atoms with Crippen LogP contribution in [0.1, 0.15) is 309 Å². The van der Waals surface area contributed by atoms with Gasteiger partial charge in [0.15, 0.2) is 6.10 Å². The topological polar surface area (TPSA) is 108 Å². The second-order valence-corrected chi connectivity index (χ2v) is 25.5. The van der Waals surface area contributed by atoms with Crippen LogP contribution in [0.4, 0.5) is 0 Å². The molecular weight excluding hydrogens is 1100 g/mol. The summed E-state index contributed by atoms with van der Waals surface area (Å²) in [4.78, 5) is 37.6. The largest absolute Gasteiger partial charge is 0.477 e. The van der Waals surface area contributed by atoms with Crippen molar-refractivity contribution in [3.63, 3.8) is 0 Å². The zero-order valence-corrected chi connectivity index (χ0v) is 58.3. The molecule has 0 aromatic carbocycles. The van der Waals surface area contributed by atoms with E-state index in [0.29, 0.717) is 23.9 Å². The monoisotopic (exact) mass is 1240 g/mol. The van der Waals surface area contributed by atoms with E-state index in [9.17, 15) is 19.5 Å². The van der Waals surface area contributed by atoms with E-state index in [1.165, 1.54) is 180 Å². The van der Waals surface area contributed by atoms with Crippen molar-refractivity contribution < 1.29 is 42.9 Å². The standard InChI is InChI=1S/C80H137NO8/c1-6-8-10-12-14-16-18-20-22-24-26-28-30-32-34-36-38-39-41-43-45-47-49-51-53-55-57-59-61-63-65-67-69-71-78(83)89-76(75-88-80(79(84)85)86-73-72-81(3,4)5)74-87-77(82)70-68-66-64-62-60-58-56-54-52-50-48-46-44-42-40-37-35-33-31-29-27-25-23-21-19-17-15-13-11-9-7-2/h8,10,14,16,20,22,26,28,32,34,38-39,43,45,49,51,55,57,61,63,76,80H,6-7,9,11-13,15,17-19,21,23-25,27,29-31,33,35-37,40-42,44,46-48,50,52-54,56,58-60,62,64-75H2,1-5H3/p+1/b10-8-,16-14-,22-20-,28-26-,34-32-,39-38-,45-43-,51-49-,57-55-,63-61-. The third-order valence-electron chi connectivity index (χ3n) is 15.7. The lowest BCUT2D eigenvalue weighted by Gasteiger charge is -2.25. The average molecular weight is 1240 g/mol. The summed E-state index contributed by atoms with van der Waals surface area (Å²) in [5.74, 6) is -2.06. The van der Waals surface area contributed by atoms with Crippen molar-refractivity contribution in [2.75, 3.05) is 47.5 Å². The summed E-state index contributed by atoms with van der Waals surface area (Å²) in [7, 11) is 5.96. The maximum atomic E-state index is 12.9. The number of carboxylic acid groups (broad SMARTS) is 1. The molecule has 0 saturated heterocycles. The summed E-state index contributed by atoms with van der Waals surface area (Å²) in [5, 5.41) is 9.75. The Balaban J connectivity index is 4.19. The first-order valence-electron chi connectivity index (χ1n) is 36.7. The van der Waals surface area contributed by atoms with Crippen LogP contribution < -0.4 is 0 Å². The molecule has 0 heterocycles. The summed E-state index contributed by atoms with van der Waals surface area (Å²) < 4.78 is 22.9. The van der Waals surface area contributed by atoms with Crippen LogP contribution in [0.2, 0.25) is 0 Å². The summed E-state index contributed by atoms with van der Waals surface area (Å²) in [6.07, 6.45) is 96.2. The van der Waals surface area contributed by atoms with Crippen molar-refractivity contribution in [3.05, 3.63) is 122 Å². The number of likely N-dealkylation sites (N-methyl/N-ethyl adjacent to an activating group) is 1. The lowest BCUT2D eigenvalue weighted by molar-refractivity contribution is -0.870. The predicted molar refractivity (Wildman–Crippen MR) is 382 cm³/mol. The highest BCUT2D eigenvalue weighted by atomic mass is 16.7. The molecule has 0 spiro atoms. The number of esters is 2. The Morgan fingerprint density at radius 2 is 0.640 bits per heavy atom. The van der Waals surface area contributed by atoms with E-state index in [4.69, 9.17) is 18.9 Å². The highest BCUT2D eigenvalue weighted by Gasteiger charge is 2.25. The fourth-order valence-corrected chi connectivity index (χ4v) is 10.2. The van der Waals surface area contributed by atoms with Crippen molar-refractivity contribution in [1.29, 1.82) is 0 Å². The van der Waals surface area contributed by atoms with E-state index in [2.05, 4.69) is 135 Å². The van der Waals surface area contributed by atoms with Crippen molar-refractivity contribution in [2.24, 2.45) is 0 Å². The molecule has 9 nitrogen and oxygen atoms in total. The lowest BCUT2D eigenvalue weighted by Crippen LogP contribution is -2.40. The number of allylic oxidation sites excluding steroid dienone is 20. The van der Waals surface area contributed by atoms with E-state index in [1.807, 2.05) is 21.1 Å². The molecule has 2 unspecified atom stereocenters. The molecule has 2 atom stereocenters. The Bertz CT molecular complexity index is 1880. The molecule has 510 valence electrons. The van der Waals surface area contributed by atoms with Gasteiger partial charge in [-0.1, -0.05) is 328 Å². The van der Waals surface area contributed by atoms with E-state index >= 15 is 0 Å². The van der Waals surface area contributed by atoms with Crippen molar-refractivity contribution in [3.8, 4) is 0 Å². The first-order valence-corrected chi connectivity index (χ1v) is 36.7. The number of unbranched alkanes of at least 4 members (excludes halogenated alkanes) is 32. The summed E-state index contributed by atoms with van der Waals surface area (Å²) in [6, 6.07) is 0. The minimum absolute atomic E-state index is 0.174. The van der Waals surface area contributed by atoms with Crippen LogP contribution in [-0.2, 0) is 33.3 Å². The maximum absolute atomic E-state index is 12.9. The number of ether oxygens (including phenoxy) is 4. The van der Waals surface area contributed by atoms with E-state index in [1.54, 1.807) is 0 Å². The molecule has 0 aliphatic rings. The molecule has 0 aliphatic heterocycles. The van der Waals surface area contributed by atoms with Gasteiger partial charge >= 0.3 is 17.9 Å². The van der Waals surface area contributed by atoms with Crippen LogP contribution in [0.3, 0.4) is 0 Å². The molecule has 0 rings (SSSR count). The van der Waals surface area contributed by atoms with Crippen LogP contribution >= 0.6 is 0 Å². The van der Waals surface area contributed by atoms with Crippen molar-refractivity contribution >= 4 is 17.9 Å². The number of carbonyl (C=O) groups is 3. The Morgan fingerprint density at radius 3 is 0.955 bits per heavy atom. The molecule has 0 aromatic heterocycles. The Morgan fingerprint density at radius 1 is 0.348 bits per heavy atom. The van der Waals surface area contributed by atoms with Crippen LogP contribution in [0.5, 0.6) is 0 Å². The molecule has 0 fully saturated rings. The van der Waals surface area contributed by atoms with Gasteiger partial charge in [0, 0.05) is 12.8 Å². The van der Waals surface area contributed by atoms with Gasteiger partial charge in [0.2, 0.25) is 0 Å². The molecule has 1 N–H and O–H groups in total. The van der Waals surface area contributed by atoms with E-state index < -0.39 is 24.3 Å². The third-order valence-corrected chi connectivity index (χ3v) is 15.7. The number of hydrogen-bond acceptors (Lipinski definition) is 7. The zero-order chi connectivity index (χ0) is 64.7. The van der Waals surface area contributed by atoms with Gasteiger partial charge in [-0.05, 0) is 89.9 Å². The molecule has 0 aromatic rings. The SMILES string of the molecule is CC/C=C\C/C=C\C/C=C\C/C=C\C/C=C\C/C=C\C/C=C\C/C=C\C/C=C\C/C=C\CCCCC(=O)OC(COC(=O)CCCCCCCCCCCCCCCCCCCCCCCCCCCCCCCCC)COC(OCC[N+](C)(C)C)C(=O)O. The quantitative estimate of drug-likeness (QED) is 0.0211. The number of nitrogens with zero attached hydrogens (tertiary/aromatic N) is 1. The van der Waals surface area contributed by atoms with Crippen molar-refractivity contribution in [1.82, 2.24) is 0 Å². The summed E-state index contributed by atoms with van der Waals surface area (Å²) in [6.45, 7) is 4.74. The fraction of sp³-hybridized carbons (Fsp3) is 0.713. The second kappa shape index (κ2) is 69.6. The normalized spacial score (nSPS) is 13.4. The van der Waals surface area contributed by atoms with Gasteiger partial charge in [-0.3, -0.25) is 9.59 Å². The van der Waals surface area contributed by atoms with Crippen molar-refractivity contribution in [2.45, 2.75) is 322 Å². The number of rotatable bonds is 67. The minimum atomic E-state index is -1.53. The molecule has 0 amide bonds. The van der Waals surface area contributed by atoms with Gasteiger partial charge in [-0.25, -0.2) is 4.79 Å². The van der Waals surface area contributed by atoms with Gasteiger partial charge in [0.05, 0.1) is 34.4 Å². The third kappa shape index (κ3) is 71.0. The highest BCUT2D eigenvalue weighted by molar-refractivity contribution is 5.71. The Kier molecular flexibility index (Phi) is 66.2. The maximum Gasteiger partial charge on any atom is 0.361 e. The predicted octanol–water partition coefficient (Wildman–Crippen LogP) is 23.1. The Labute approximate surface area is 548 Å². The molecule has 0 radical (unpaired) electrons. The average Bonchev–Trinajstić information content (AvgIpc) is 3.64. The lowest BCUT2D eigenvalue weighted by atomic mass is 10.0. The molecular formula is C80H138NO8+. The number of carbonyl (C=O) groups excluding carboxylic acids is 2. The van der Waals surface area contributed by atoms with Crippen LogP contribution in [0.25, 0.3) is 0 Å². The van der Waals surface area contributed by atoms with Gasteiger partial charge in [0.25, 0.3) is 6.29 Å². The van der Waals surface area contributed by atoms with Gasteiger partial charge in [0.1, 0.15) is 13.2 Å². The zero-order valence-electron chi connectivity index (χ0n) is 58.3. The van der Waals surface area contributed by atoms with Crippen LogP contribution in [0.15, 0.2) is 122 Å².